The molecular formula is C20H17ClO. The average Bonchev–Trinajstić information content (AvgIpc) is 3.08. The summed E-state index contributed by atoms with van der Waals surface area (Å²) < 4.78 is 0. The van der Waals surface area contributed by atoms with Gasteiger partial charge in [0.1, 0.15) is 5.78 Å². The van der Waals surface area contributed by atoms with Crippen molar-refractivity contribution in [3.8, 4) is 0 Å². The number of ketones is 1. The van der Waals surface area contributed by atoms with Gasteiger partial charge in [0.2, 0.25) is 0 Å². The van der Waals surface area contributed by atoms with Gasteiger partial charge in [-0.25, -0.2) is 0 Å². The highest BCUT2D eigenvalue weighted by Crippen LogP contribution is 2.57. The van der Waals surface area contributed by atoms with Gasteiger partial charge in [-0.2, -0.15) is 0 Å². The molecule has 110 valence electrons. The standard InChI is InChI=1S/C20H17ClO/c21-18-4-2-13-6-16-11-20(10-12-1-3-17(20)5-12)19(22)9-15(16)7-14(13)8-18/h1-2,4,6-8,17H,3,5,9-11H2. The molecule has 0 aliphatic heterocycles. The van der Waals surface area contributed by atoms with Crippen LogP contribution in [0.1, 0.15) is 30.4 Å². The highest BCUT2D eigenvalue weighted by Gasteiger charge is 2.53. The third-order valence-electron chi connectivity index (χ3n) is 6.06. The zero-order valence-corrected chi connectivity index (χ0v) is 13.1. The maximum absolute atomic E-state index is 12.9. The van der Waals surface area contributed by atoms with Gasteiger partial charge in [-0.15, -0.1) is 0 Å². The summed E-state index contributed by atoms with van der Waals surface area (Å²) in [6, 6.07) is 10.5. The summed E-state index contributed by atoms with van der Waals surface area (Å²) in [7, 11) is 0. The fourth-order valence-electron chi connectivity index (χ4n) is 4.92. The monoisotopic (exact) mass is 308 g/mol. The third kappa shape index (κ3) is 1.63. The SMILES string of the molecule is O=C1Cc2cc3cc(Cl)ccc3cc2CC12CC1=CCC2C1. The maximum atomic E-state index is 12.9. The minimum Gasteiger partial charge on any atom is -0.299 e. The second-order valence-corrected chi connectivity index (χ2v) is 7.66. The molecule has 1 saturated carbocycles. The number of benzene rings is 2. The van der Waals surface area contributed by atoms with Gasteiger partial charge in [-0.05, 0) is 65.6 Å². The summed E-state index contributed by atoms with van der Waals surface area (Å²) >= 11 is 6.10. The fraction of sp³-hybridized carbons (Fsp3) is 0.350. The lowest BCUT2D eigenvalue weighted by Gasteiger charge is -2.39. The number of carbonyl (C=O) groups excluding carboxylic acids is 1. The normalized spacial score (nSPS) is 29.2. The summed E-state index contributed by atoms with van der Waals surface area (Å²) in [5.41, 5.74) is 4.02. The first-order valence-corrected chi connectivity index (χ1v) is 8.44. The fourth-order valence-corrected chi connectivity index (χ4v) is 5.10. The van der Waals surface area contributed by atoms with E-state index in [1.807, 2.05) is 12.1 Å². The van der Waals surface area contributed by atoms with Gasteiger partial charge >= 0.3 is 0 Å². The van der Waals surface area contributed by atoms with Crippen molar-refractivity contribution >= 4 is 28.2 Å². The number of halogens is 1. The first kappa shape index (κ1) is 12.9. The molecule has 1 fully saturated rings. The van der Waals surface area contributed by atoms with Gasteiger partial charge < -0.3 is 0 Å². The van der Waals surface area contributed by atoms with E-state index in [0.717, 1.165) is 36.1 Å². The molecule has 1 spiro atoms. The van der Waals surface area contributed by atoms with Gasteiger partial charge in [0, 0.05) is 16.9 Å². The molecule has 5 rings (SSSR count). The Morgan fingerprint density at radius 1 is 1.05 bits per heavy atom. The lowest BCUT2D eigenvalue weighted by atomic mass is 9.63. The van der Waals surface area contributed by atoms with Gasteiger partial charge in [0.15, 0.2) is 0 Å². The molecule has 2 atom stereocenters. The maximum Gasteiger partial charge on any atom is 0.144 e. The summed E-state index contributed by atoms with van der Waals surface area (Å²) in [6.45, 7) is 0. The highest BCUT2D eigenvalue weighted by atomic mass is 35.5. The largest absolute Gasteiger partial charge is 0.299 e. The van der Waals surface area contributed by atoms with Gasteiger partial charge in [0.25, 0.3) is 0 Å². The summed E-state index contributed by atoms with van der Waals surface area (Å²) in [5.74, 6) is 1.03. The van der Waals surface area contributed by atoms with Crippen molar-refractivity contribution < 1.29 is 4.79 Å². The second kappa shape index (κ2) is 4.23. The Bertz CT molecular complexity index is 863. The predicted molar refractivity (Wildman–Crippen MR) is 89.2 cm³/mol. The number of hydrogen-bond donors (Lipinski definition) is 0. The van der Waals surface area contributed by atoms with Crippen LogP contribution in [-0.4, -0.2) is 5.78 Å². The topological polar surface area (TPSA) is 17.1 Å². The predicted octanol–water partition coefficient (Wildman–Crippen LogP) is 4.89. The Morgan fingerprint density at radius 2 is 1.91 bits per heavy atom. The molecule has 3 aliphatic rings. The Morgan fingerprint density at radius 3 is 2.68 bits per heavy atom. The number of allylic oxidation sites excluding steroid dienone is 2. The lowest BCUT2D eigenvalue weighted by molar-refractivity contribution is -0.131. The van der Waals surface area contributed by atoms with Gasteiger partial charge in [0.05, 0.1) is 0 Å². The average molecular weight is 309 g/mol. The van der Waals surface area contributed by atoms with Crippen LogP contribution in [0.25, 0.3) is 10.8 Å². The molecule has 0 saturated heterocycles. The van der Waals surface area contributed by atoms with E-state index in [-0.39, 0.29) is 5.41 Å². The molecule has 0 N–H and O–H groups in total. The van der Waals surface area contributed by atoms with E-state index in [1.54, 1.807) is 0 Å². The molecule has 22 heavy (non-hydrogen) atoms. The van der Waals surface area contributed by atoms with Crippen molar-refractivity contribution in [2.45, 2.75) is 32.1 Å². The Labute approximate surface area is 135 Å². The van der Waals surface area contributed by atoms with Crippen molar-refractivity contribution in [1.82, 2.24) is 0 Å². The van der Waals surface area contributed by atoms with Crippen molar-refractivity contribution in [2.75, 3.05) is 0 Å². The van der Waals surface area contributed by atoms with Crippen LogP contribution in [0.15, 0.2) is 42.0 Å². The van der Waals surface area contributed by atoms with E-state index >= 15 is 0 Å². The van der Waals surface area contributed by atoms with Crippen LogP contribution in [0, 0.1) is 11.3 Å². The number of Topliss-reactive ketones (excluding diaryl/α,β-unsaturated/α-hetero) is 1. The third-order valence-corrected chi connectivity index (χ3v) is 6.29. The summed E-state index contributed by atoms with van der Waals surface area (Å²) in [5, 5.41) is 3.13. The highest BCUT2D eigenvalue weighted by molar-refractivity contribution is 6.31. The van der Waals surface area contributed by atoms with Crippen LogP contribution in [0.5, 0.6) is 0 Å². The zero-order valence-electron chi connectivity index (χ0n) is 12.4. The molecular weight excluding hydrogens is 292 g/mol. The number of hydrogen-bond acceptors (Lipinski definition) is 1. The summed E-state index contributed by atoms with van der Waals surface area (Å²) in [4.78, 5) is 12.9. The Kier molecular flexibility index (Phi) is 2.48. The van der Waals surface area contributed by atoms with E-state index in [0.29, 0.717) is 18.1 Å². The van der Waals surface area contributed by atoms with E-state index < -0.39 is 0 Å². The molecule has 2 unspecified atom stereocenters. The minimum absolute atomic E-state index is 0.0861. The molecule has 2 aromatic rings. The molecule has 0 radical (unpaired) electrons. The Balaban J connectivity index is 1.65. The van der Waals surface area contributed by atoms with Crippen LogP contribution in [0.2, 0.25) is 5.02 Å². The van der Waals surface area contributed by atoms with E-state index in [1.165, 1.54) is 22.1 Å². The number of fused-ring (bicyclic) bond motifs is 5. The Hall–Kier alpha value is -1.60. The first-order valence-electron chi connectivity index (χ1n) is 8.06. The van der Waals surface area contributed by atoms with Crippen LogP contribution in [0.3, 0.4) is 0 Å². The molecule has 0 heterocycles. The van der Waals surface area contributed by atoms with Crippen LogP contribution in [0.4, 0.5) is 0 Å². The molecule has 3 aliphatic carbocycles. The lowest BCUT2D eigenvalue weighted by Crippen LogP contribution is -2.42. The smallest absolute Gasteiger partial charge is 0.144 e. The second-order valence-electron chi connectivity index (χ2n) is 7.22. The molecule has 2 bridgehead atoms. The molecule has 0 aromatic heterocycles. The van der Waals surface area contributed by atoms with Crippen LogP contribution >= 0.6 is 11.6 Å². The quantitative estimate of drug-likeness (QED) is 0.633. The molecule has 0 amide bonds. The van der Waals surface area contributed by atoms with Gasteiger partial charge in [-0.1, -0.05) is 41.4 Å². The van der Waals surface area contributed by atoms with E-state index in [9.17, 15) is 4.79 Å². The van der Waals surface area contributed by atoms with Crippen LogP contribution in [-0.2, 0) is 17.6 Å². The van der Waals surface area contributed by atoms with E-state index in [2.05, 4.69) is 24.3 Å². The van der Waals surface area contributed by atoms with Crippen molar-refractivity contribution in [2.24, 2.45) is 11.3 Å². The minimum atomic E-state index is -0.0861. The molecule has 2 heteroatoms. The van der Waals surface area contributed by atoms with Crippen LogP contribution < -0.4 is 0 Å². The van der Waals surface area contributed by atoms with Crippen molar-refractivity contribution in [3.05, 3.63) is 58.1 Å². The van der Waals surface area contributed by atoms with Gasteiger partial charge in [-0.3, -0.25) is 4.79 Å². The molecule has 1 nitrogen and oxygen atoms in total. The van der Waals surface area contributed by atoms with Crippen molar-refractivity contribution in [1.29, 1.82) is 0 Å². The number of rotatable bonds is 0. The zero-order chi connectivity index (χ0) is 14.9. The number of carbonyl (C=O) groups is 1. The molecule has 2 aromatic carbocycles. The van der Waals surface area contributed by atoms with E-state index in [4.69, 9.17) is 11.6 Å². The first-order chi connectivity index (χ1) is 10.6. The van der Waals surface area contributed by atoms with Crippen molar-refractivity contribution in [3.63, 3.8) is 0 Å². The summed E-state index contributed by atoms with van der Waals surface area (Å²) in [6.07, 6.45) is 7.17.